The van der Waals surface area contributed by atoms with Gasteiger partial charge in [0, 0.05) is 17.6 Å². The summed E-state index contributed by atoms with van der Waals surface area (Å²) in [7, 11) is 0. The molecule has 1 unspecified atom stereocenters. The van der Waals surface area contributed by atoms with Gasteiger partial charge in [-0.05, 0) is 61.5 Å². The van der Waals surface area contributed by atoms with Crippen molar-refractivity contribution < 1.29 is 4.74 Å². The van der Waals surface area contributed by atoms with Crippen molar-refractivity contribution >= 4 is 10.9 Å². The van der Waals surface area contributed by atoms with E-state index in [-0.39, 0.29) is 0 Å². The molecule has 3 aromatic rings. The van der Waals surface area contributed by atoms with Gasteiger partial charge in [-0.3, -0.25) is 4.90 Å². The molecule has 3 heteroatoms. The average molecular weight is 363 g/mol. The number of benzene rings is 2. The molecular formula is C24H30N2O. The van der Waals surface area contributed by atoms with Crippen LogP contribution in [-0.4, -0.2) is 29.0 Å². The third-order valence-corrected chi connectivity index (χ3v) is 5.65. The molecule has 2 aromatic carbocycles. The molecule has 0 amide bonds. The molecule has 0 saturated carbocycles. The summed E-state index contributed by atoms with van der Waals surface area (Å²) in [6.07, 6.45) is 6.91. The molecule has 0 aliphatic heterocycles. The van der Waals surface area contributed by atoms with Crippen molar-refractivity contribution in [2.75, 3.05) is 13.1 Å². The van der Waals surface area contributed by atoms with Crippen LogP contribution in [0.2, 0.25) is 0 Å². The lowest BCUT2D eigenvalue weighted by Gasteiger charge is -2.34. The van der Waals surface area contributed by atoms with Gasteiger partial charge in [-0.2, -0.15) is 0 Å². The highest BCUT2D eigenvalue weighted by atomic mass is 16.5. The molecule has 0 spiro atoms. The highest BCUT2D eigenvalue weighted by Gasteiger charge is 2.26. The van der Waals surface area contributed by atoms with Gasteiger partial charge < -0.3 is 9.72 Å². The lowest BCUT2D eigenvalue weighted by Crippen LogP contribution is -2.40. The predicted octanol–water partition coefficient (Wildman–Crippen LogP) is 5.34. The van der Waals surface area contributed by atoms with Crippen molar-refractivity contribution in [3.8, 4) is 5.75 Å². The highest BCUT2D eigenvalue weighted by Crippen LogP contribution is 2.36. The molecule has 1 aliphatic carbocycles. The Bertz CT molecular complexity index is 878. The van der Waals surface area contributed by atoms with Gasteiger partial charge in [0.05, 0.1) is 5.52 Å². The Balaban J connectivity index is 1.56. The monoisotopic (exact) mass is 362 g/mol. The smallest absolute Gasteiger partial charge is 0.143 e. The molecule has 4 rings (SSSR count). The van der Waals surface area contributed by atoms with E-state index in [2.05, 4.69) is 66.3 Å². The van der Waals surface area contributed by atoms with Crippen molar-refractivity contribution in [3.05, 3.63) is 65.4 Å². The standard InChI is InChI=1S/C24H30N2O/c1-3-12-26(13-4-2)21-14-19-10-11-22(24-23(19)20(15-21)16-25-24)27-17-18-8-6-5-7-9-18/h5-11,16,21,25H,3-4,12-15,17H2,1-2H3. The third-order valence-electron chi connectivity index (χ3n) is 5.65. The van der Waals surface area contributed by atoms with E-state index in [1.54, 1.807) is 0 Å². The summed E-state index contributed by atoms with van der Waals surface area (Å²) in [4.78, 5) is 6.19. The molecule has 27 heavy (non-hydrogen) atoms. The van der Waals surface area contributed by atoms with E-state index in [1.807, 2.05) is 6.07 Å². The second-order valence-corrected chi connectivity index (χ2v) is 7.66. The maximum absolute atomic E-state index is 6.15. The minimum atomic E-state index is 0.604. The van der Waals surface area contributed by atoms with E-state index < -0.39 is 0 Å². The van der Waals surface area contributed by atoms with Crippen LogP contribution in [0.3, 0.4) is 0 Å². The Morgan fingerprint density at radius 1 is 0.963 bits per heavy atom. The molecule has 1 aromatic heterocycles. The molecule has 1 heterocycles. The molecular weight excluding hydrogens is 332 g/mol. The SMILES string of the molecule is CCCN(CCC)C1Cc2ccc(OCc3ccccc3)c3[nH]cc(c23)C1. The Morgan fingerprint density at radius 3 is 2.44 bits per heavy atom. The first-order valence-electron chi connectivity index (χ1n) is 10.3. The van der Waals surface area contributed by atoms with Crippen LogP contribution in [0.1, 0.15) is 43.4 Å². The first kappa shape index (κ1) is 18.1. The normalized spacial score (nSPS) is 16.2. The maximum atomic E-state index is 6.15. The largest absolute Gasteiger partial charge is 0.487 e. The zero-order chi connectivity index (χ0) is 18.6. The van der Waals surface area contributed by atoms with Gasteiger partial charge in [0.15, 0.2) is 0 Å². The number of aromatic nitrogens is 1. The third kappa shape index (κ3) is 3.74. The van der Waals surface area contributed by atoms with Gasteiger partial charge in [-0.15, -0.1) is 0 Å². The van der Waals surface area contributed by atoms with Crippen LogP contribution in [0.25, 0.3) is 10.9 Å². The van der Waals surface area contributed by atoms with Gasteiger partial charge in [-0.25, -0.2) is 0 Å². The Morgan fingerprint density at radius 2 is 1.70 bits per heavy atom. The molecule has 3 nitrogen and oxygen atoms in total. The second kappa shape index (κ2) is 8.18. The molecule has 0 saturated heterocycles. The Hall–Kier alpha value is -2.26. The fourth-order valence-corrected chi connectivity index (χ4v) is 4.44. The van der Waals surface area contributed by atoms with E-state index in [4.69, 9.17) is 4.74 Å². The van der Waals surface area contributed by atoms with Gasteiger partial charge in [0.1, 0.15) is 12.4 Å². The average Bonchev–Trinajstić information content (AvgIpc) is 3.13. The van der Waals surface area contributed by atoms with Crippen molar-refractivity contribution in [2.24, 2.45) is 0 Å². The molecule has 0 bridgehead atoms. The van der Waals surface area contributed by atoms with Gasteiger partial charge in [-0.1, -0.05) is 50.2 Å². The van der Waals surface area contributed by atoms with E-state index in [1.165, 1.54) is 48.0 Å². The summed E-state index contributed by atoms with van der Waals surface area (Å²) < 4.78 is 6.15. The summed E-state index contributed by atoms with van der Waals surface area (Å²) in [6, 6.07) is 15.4. The number of nitrogens with zero attached hydrogens (tertiary/aromatic N) is 1. The summed E-state index contributed by atoms with van der Waals surface area (Å²) in [5, 5.41) is 1.39. The number of hydrogen-bond acceptors (Lipinski definition) is 2. The van der Waals surface area contributed by atoms with E-state index in [0.29, 0.717) is 12.6 Å². The van der Waals surface area contributed by atoms with E-state index >= 15 is 0 Å². The summed E-state index contributed by atoms with van der Waals surface area (Å²) >= 11 is 0. The molecule has 0 fully saturated rings. The van der Waals surface area contributed by atoms with Crippen molar-refractivity contribution in [2.45, 2.75) is 52.2 Å². The van der Waals surface area contributed by atoms with Crippen molar-refractivity contribution in [1.82, 2.24) is 9.88 Å². The fourth-order valence-electron chi connectivity index (χ4n) is 4.44. The summed E-state index contributed by atoms with van der Waals surface area (Å²) in [6.45, 7) is 7.56. The van der Waals surface area contributed by atoms with E-state index in [9.17, 15) is 0 Å². The van der Waals surface area contributed by atoms with Crippen LogP contribution in [0.15, 0.2) is 48.7 Å². The predicted molar refractivity (Wildman–Crippen MR) is 112 cm³/mol. The van der Waals surface area contributed by atoms with Gasteiger partial charge in [0.25, 0.3) is 0 Å². The first-order chi connectivity index (χ1) is 13.3. The Kier molecular flexibility index (Phi) is 5.49. The number of ether oxygens (including phenoxy) is 1. The number of aromatic amines is 1. The topological polar surface area (TPSA) is 28.3 Å². The van der Waals surface area contributed by atoms with Crippen LogP contribution in [-0.2, 0) is 19.4 Å². The van der Waals surface area contributed by atoms with Gasteiger partial charge >= 0.3 is 0 Å². The lowest BCUT2D eigenvalue weighted by atomic mass is 9.88. The minimum Gasteiger partial charge on any atom is -0.487 e. The summed E-state index contributed by atoms with van der Waals surface area (Å²) in [5.74, 6) is 0.960. The number of nitrogens with one attached hydrogen (secondary N) is 1. The van der Waals surface area contributed by atoms with Crippen molar-refractivity contribution in [3.63, 3.8) is 0 Å². The van der Waals surface area contributed by atoms with Gasteiger partial charge in [0.2, 0.25) is 0 Å². The number of H-pyrrole nitrogens is 1. The minimum absolute atomic E-state index is 0.604. The molecule has 1 aliphatic rings. The van der Waals surface area contributed by atoms with Crippen LogP contribution < -0.4 is 4.74 Å². The van der Waals surface area contributed by atoms with Crippen molar-refractivity contribution in [1.29, 1.82) is 0 Å². The van der Waals surface area contributed by atoms with Crippen LogP contribution >= 0.6 is 0 Å². The lowest BCUT2D eigenvalue weighted by molar-refractivity contribution is 0.192. The second-order valence-electron chi connectivity index (χ2n) is 7.66. The number of rotatable bonds is 8. The molecule has 0 radical (unpaired) electrons. The van der Waals surface area contributed by atoms with Crippen LogP contribution in [0.5, 0.6) is 5.75 Å². The highest BCUT2D eigenvalue weighted by molar-refractivity contribution is 5.92. The zero-order valence-electron chi connectivity index (χ0n) is 16.5. The van der Waals surface area contributed by atoms with Crippen LogP contribution in [0, 0.1) is 0 Å². The molecule has 142 valence electrons. The van der Waals surface area contributed by atoms with Crippen LogP contribution in [0.4, 0.5) is 0 Å². The quantitative estimate of drug-likeness (QED) is 0.586. The maximum Gasteiger partial charge on any atom is 0.143 e. The Labute approximate surface area is 162 Å². The molecule has 1 N–H and O–H groups in total. The summed E-state index contributed by atoms with van der Waals surface area (Å²) in [5.41, 5.74) is 5.26. The van der Waals surface area contributed by atoms with E-state index in [0.717, 1.165) is 24.1 Å². The first-order valence-corrected chi connectivity index (χ1v) is 10.3. The molecule has 1 atom stereocenters. The number of hydrogen-bond donors (Lipinski definition) is 1. The fraction of sp³-hybridized carbons (Fsp3) is 0.417. The zero-order valence-corrected chi connectivity index (χ0v) is 16.5.